The van der Waals surface area contributed by atoms with Gasteiger partial charge in [-0.05, 0) is 31.0 Å². The molecule has 1 aliphatic carbocycles. The lowest BCUT2D eigenvalue weighted by Crippen LogP contribution is -2.42. The zero-order valence-electron chi connectivity index (χ0n) is 18.5. The highest BCUT2D eigenvalue weighted by Gasteiger charge is 2.25. The first-order valence-electron chi connectivity index (χ1n) is 10.8. The highest BCUT2D eigenvalue weighted by molar-refractivity contribution is 7.89. The first-order chi connectivity index (χ1) is 15.2. The van der Waals surface area contributed by atoms with Gasteiger partial charge in [-0.25, -0.2) is 17.9 Å². The Hall–Kier alpha value is -2.72. The monoisotopic (exact) mass is 462 g/mol. The molecular formula is C22H30N4O5S. The molecule has 1 saturated carbocycles. The lowest BCUT2D eigenvalue weighted by atomic mass is 9.94. The number of sulfonamides is 1. The van der Waals surface area contributed by atoms with Gasteiger partial charge < -0.3 is 4.90 Å². The van der Waals surface area contributed by atoms with Gasteiger partial charge in [0.05, 0.1) is 15.8 Å². The zero-order chi connectivity index (χ0) is 23.5. The Morgan fingerprint density at radius 1 is 1.19 bits per heavy atom. The Morgan fingerprint density at radius 2 is 1.88 bits per heavy atom. The van der Waals surface area contributed by atoms with Gasteiger partial charge in [0.1, 0.15) is 0 Å². The smallest absolute Gasteiger partial charge is 0.330 e. The summed E-state index contributed by atoms with van der Waals surface area (Å²) in [6.07, 6.45) is 7.00. The number of hydrogen-bond acceptors (Lipinski definition) is 5. The second kappa shape index (κ2) is 9.83. The number of nitrogens with one attached hydrogen (secondary N) is 1. The van der Waals surface area contributed by atoms with Crippen LogP contribution in [0.2, 0.25) is 0 Å². The SMILES string of the molecule is C=CCN(C(=O)CCNS(=O)(=O)c1ccc2c(c1)c(=O)n(C)c(=O)n2C)C1CCCCC1. The van der Waals surface area contributed by atoms with Crippen LogP contribution in [0, 0.1) is 0 Å². The van der Waals surface area contributed by atoms with Crippen LogP contribution in [0.25, 0.3) is 10.9 Å². The largest absolute Gasteiger partial charge is 0.336 e. The lowest BCUT2D eigenvalue weighted by molar-refractivity contribution is -0.133. The number of aromatic nitrogens is 2. The number of nitrogens with zero attached hydrogens (tertiary/aromatic N) is 3. The molecule has 1 heterocycles. The summed E-state index contributed by atoms with van der Waals surface area (Å²) in [5.41, 5.74) is -0.709. The Labute approximate surface area is 187 Å². The summed E-state index contributed by atoms with van der Waals surface area (Å²) in [6, 6.07) is 4.21. The van der Waals surface area contributed by atoms with E-state index in [2.05, 4.69) is 11.3 Å². The van der Waals surface area contributed by atoms with Crippen LogP contribution in [-0.2, 0) is 28.9 Å². The molecule has 0 radical (unpaired) electrons. The fourth-order valence-corrected chi connectivity index (χ4v) is 5.30. The molecule has 0 spiro atoms. The van der Waals surface area contributed by atoms with Crippen molar-refractivity contribution in [3.05, 3.63) is 51.7 Å². The summed E-state index contributed by atoms with van der Waals surface area (Å²) in [6.45, 7) is 4.13. The highest BCUT2D eigenvalue weighted by atomic mass is 32.2. The van der Waals surface area contributed by atoms with E-state index < -0.39 is 21.3 Å². The van der Waals surface area contributed by atoms with E-state index in [0.29, 0.717) is 12.1 Å². The van der Waals surface area contributed by atoms with E-state index in [0.717, 1.165) is 30.3 Å². The molecule has 174 valence electrons. The number of aryl methyl sites for hydroxylation is 1. The highest BCUT2D eigenvalue weighted by Crippen LogP contribution is 2.23. The zero-order valence-corrected chi connectivity index (χ0v) is 19.4. The number of carbonyl (C=O) groups excluding carboxylic acids is 1. The first-order valence-corrected chi connectivity index (χ1v) is 12.3. The molecule has 10 heteroatoms. The molecule has 1 N–H and O–H groups in total. The van der Waals surface area contributed by atoms with Crippen LogP contribution >= 0.6 is 0 Å². The molecule has 1 aliphatic rings. The maximum absolute atomic E-state index is 12.8. The molecular weight excluding hydrogens is 432 g/mol. The Morgan fingerprint density at radius 3 is 2.53 bits per heavy atom. The average Bonchev–Trinajstić information content (AvgIpc) is 2.79. The van der Waals surface area contributed by atoms with Crippen molar-refractivity contribution in [3.8, 4) is 0 Å². The van der Waals surface area contributed by atoms with Gasteiger partial charge in [-0.2, -0.15) is 0 Å². The van der Waals surface area contributed by atoms with Crippen LogP contribution in [0.1, 0.15) is 38.5 Å². The van der Waals surface area contributed by atoms with Gasteiger partial charge in [0.15, 0.2) is 0 Å². The maximum atomic E-state index is 12.8. The van der Waals surface area contributed by atoms with Crippen molar-refractivity contribution < 1.29 is 13.2 Å². The number of rotatable bonds is 8. The van der Waals surface area contributed by atoms with E-state index in [9.17, 15) is 22.8 Å². The van der Waals surface area contributed by atoms with Gasteiger partial charge in [0.2, 0.25) is 15.9 Å². The molecule has 0 saturated heterocycles. The van der Waals surface area contributed by atoms with Gasteiger partial charge in [-0.15, -0.1) is 6.58 Å². The second-order valence-electron chi connectivity index (χ2n) is 8.16. The summed E-state index contributed by atoms with van der Waals surface area (Å²) in [7, 11) is -1.08. The predicted octanol–water partition coefficient (Wildman–Crippen LogP) is 1.25. The molecule has 0 aliphatic heterocycles. The van der Waals surface area contributed by atoms with Crippen molar-refractivity contribution in [3.63, 3.8) is 0 Å². The summed E-state index contributed by atoms with van der Waals surface area (Å²) >= 11 is 0. The van der Waals surface area contributed by atoms with Crippen molar-refractivity contribution in [1.82, 2.24) is 18.8 Å². The number of amides is 1. The first kappa shape index (κ1) is 23.9. The minimum absolute atomic E-state index is 0.0351. The summed E-state index contributed by atoms with van der Waals surface area (Å²) < 4.78 is 30.2. The van der Waals surface area contributed by atoms with Crippen LogP contribution in [0.3, 0.4) is 0 Å². The fraction of sp³-hybridized carbons (Fsp3) is 0.500. The fourth-order valence-electron chi connectivity index (χ4n) is 4.25. The van der Waals surface area contributed by atoms with Crippen LogP contribution in [0.15, 0.2) is 45.3 Å². The standard InChI is InChI=1S/C22H30N4O5S/c1-4-14-26(16-8-6-5-7-9-16)20(27)12-13-23-32(30,31)17-10-11-19-18(15-17)21(28)25(3)22(29)24(19)2/h4,10-11,15-16,23H,1,5-9,12-14H2,2-3H3. The number of hydrogen-bond donors (Lipinski definition) is 1. The molecule has 0 bridgehead atoms. The topological polar surface area (TPSA) is 110 Å². The van der Waals surface area contributed by atoms with E-state index in [4.69, 9.17) is 0 Å². The Bertz CT molecular complexity index is 1240. The van der Waals surface area contributed by atoms with Gasteiger partial charge in [-0.3, -0.25) is 18.7 Å². The van der Waals surface area contributed by atoms with Crippen LogP contribution in [0.4, 0.5) is 0 Å². The average molecular weight is 463 g/mol. The van der Waals surface area contributed by atoms with E-state index in [1.54, 1.807) is 11.0 Å². The Kier molecular flexibility index (Phi) is 7.35. The van der Waals surface area contributed by atoms with Crippen LogP contribution in [0.5, 0.6) is 0 Å². The predicted molar refractivity (Wildman–Crippen MR) is 123 cm³/mol. The van der Waals surface area contributed by atoms with Crippen molar-refractivity contribution in [2.24, 2.45) is 14.1 Å². The van der Waals surface area contributed by atoms with Crippen molar-refractivity contribution >= 4 is 26.8 Å². The minimum Gasteiger partial charge on any atom is -0.336 e. The molecule has 32 heavy (non-hydrogen) atoms. The van der Waals surface area contributed by atoms with E-state index in [1.807, 2.05) is 0 Å². The second-order valence-corrected chi connectivity index (χ2v) is 9.93. The molecule has 9 nitrogen and oxygen atoms in total. The van der Waals surface area contributed by atoms with Gasteiger partial charge >= 0.3 is 5.69 Å². The van der Waals surface area contributed by atoms with Gasteiger partial charge in [0, 0.05) is 39.6 Å². The molecule has 1 aromatic carbocycles. The quantitative estimate of drug-likeness (QED) is 0.594. The van der Waals surface area contributed by atoms with E-state index in [1.165, 1.54) is 43.3 Å². The number of fused-ring (bicyclic) bond motifs is 1. The molecule has 0 atom stereocenters. The molecule has 0 unspecified atom stereocenters. The maximum Gasteiger partial charge on any atom is 0.330 e. The Balaban J connectivity index is 1.74. The normalized spacial score (nSPS) is 15.1. The third-order valence-corrected chi connectivity index (χ3v) is 7.50. The minimum atomic E-state index is -3.94. The third-order valence-electron chi connectivity index (χ3n) is 6.04. The van der Waals surface area contributed by atoms with Crippen molar-refractivity contribution in [2.45, 2.75) is 49.5 Å². The lowest BCUT2D eigenvalue weighted by Gasteiger charge is -2.33. The van der Waals surface area contributed by atoms with Crippen LogP contribution < -0.4 is 16.0 Å². The summed E-state index contributed by atoms with van der Waals surface area (Å²) in [5.74, 6) is -0.109. The molecule has 1 fully saturated rings. The number of carbonyl (C=O) groups is 1. The van der Waals surface area contributed by atoms with Gasteiger partial charge in [-0.1, -0.05) is 25.3 Å². The van der Waals surface area contributed by atoms with Crippen molar-refractivity contribution in [2.75, 3.05) is 13.1 Å². The molecule has 2 aromatic rings. The summed E-state index contributed by atoms with van der Waals surface area (Å²) in [5, 5.41) is 0.128. The van der Waals surface area contributed by atoms with Gasteiger partial charge in [0.25, 0.3) is 5.56 Å². The third kappa shape index (κ3) is 4.86. The molecule has 3 rings (SSSR count). The van der Waals surface area contributed by atoms with E-state index in [-0.39, 0.29) is 35.2 Å². The molecule has 1 aromatic heterocycles. The summed E-state index contributed by atoms with van der Waals surface area (Å²) in [4.78, 5) is 39.0. The van der Waals surface area contributed by atoms with E-state index >= 15 is 0 Å². The van der Waals surface area contributed by atoms with Crippen molar-refractivity contribution in [1.29, 1.82) is 0 Å². The van der Waals surface area contributed by atoms with Crippen LogP contribution in [-0.4, -0.2) is 47.5 Å². The number of benzene rings is 1. The molecule has 1 amide bonds.